The molecule has 3 heterocycles. The fourth-order valence-corrected chi connectivity index (χ4v) is 3.58. The van der Waals surface area contributed by atoms with Gasteiger partial charge in [0, 0.05) is 36.4 Å². The number of rotatable bonds is 3. The molecule has 126 valence electrons. The smallest absolute Gasteiger partial charge is 0.254 e. The Balaban J connectivity index is 1.58. The first-order valence-corrected chi connectivity index (χ1v) is 8.73. The van der Waals surface area contributed by atoms with Crippen molar-refractivity contribution in [3.63, 3.8) is 0 Å². The molecule has 6 heteroatoms. The molecular formula is C19H18N4OS. The zero-order chi connectivity index (χ0) is 17.2. The zero-order valence-corrected chi connectivity index (χ0v) is 14.4. The second-order valence-corrected chi connectivity index (χ2v) is 6.48. The number of amides is 1. The molecule has 1 unspecified atom stereocenters. The summed E-state index contributed by atoms with van der Waals surface area (Å²) in [4.78, 5) is 22.3. The van der Waals surface area contributed by atoms with E-state index in [4.69, 9.17) is 12.2 Å². The van der Waals surface area contributed by atoms with Gasteiger partial charge in [0.25, 0.3) is 5.91 Å². The molecule has 1 aliphatic rings. The minimum Gasteiger partial charge on any atom is -0.337 e. The molecule has 1 saturated heterocycles. The summed E-state index contributed by atoms with van der Waals surface area (Å²) in [6.07, 6.45) is 7.41. The van der Waals surface area contributed by atoms with E-state index in [2.05, 4.69) is 9.97 Å². The zero-order valence-electron chi connectivity index (χ0n) is 13.6. The van der Waals surface area contributed by atoms with Crippen LogP contribution in [0.15, 0.2) is 61.1 Å². The van der Waals surface area contributed by atoms with Crippen LogP contribution >= 0.6 is 12.2 Å². The van der Waals surface area contributed by atoms with Gasteiger partial charge in [-0.05, 0) is 61.5 Å². The number of hydrogen-bond acceptors (Lipinski definition) is 3. The topological polar surface area (TPSA) is 53.9 Å². The van der Waals surface area contributed by atoms with E-state index in [1.54, 1.807) is 12.4 Å². The number of pyridine rings is 1. The molecule has 0 aliphatic carbocycles. The molecule has 4 rings (SSSR count). The molecule has 1 atom stereocenters. The highest BCUT2D eigenvalue weighted by molar-refractivity contribution is 7.71. The number of nitrogens with zero attached hydrogens (tertiary/aromatic N) is 3. The molecule has 0 saturated carbocycles. The number of carbonyl (C=O) groups is 1. The summed E-state index contributed by atoms with van der Waals surface area (Å²) < 4.78 is 2.50. The van der Waals surface area contributed by atoms with E-state index in [1.807, 2.05) is 58.1 Å². The average molecular weight is 350 g/mol. The minimum atomic E-state index is 0.0531. The van der Waals surface area contributed by atoms with E-state index in [0.29, 0.717) is 10.3 Å². The number of nitrogens with one attached hydrogen (secondary N) is 1. The first kappa shape index (κ1) is 15.8. The van der Waals surface area contributed by atoms with Crippen molar-refractivity contribution in [2.45, 2.75) is 18.9 Å². The molecule has 0 radical (unpaired) electrons. The molecule has 1 aromatic carbocycles. The molecule has 5 nitrogen and oxygen atoms in total. The van der Waals surface area contributed by atoms with Crippen molar-refractivity contribution in [1.29, 1.82) is 0 Å². The molecule has 2 aromatic heterocycles. The summed E-state index contributed by atoms with van der Waals surface area (Å²) >= 11 is 5.23. The SMILES string of the molecule is O=C(c1ccc(-n2cc[nH]c2=S)cc1)N1CCCC1c1ccccn1. The number of benzene rings is 1. The van der Waals surface area contributed by atoms with Gasteiger partial charge in [-0.15, -0.1) is 0 Å². The Hall–Kier alpha value is -2.73. The third-order valence-electron chi connectivity index (χ3n) is 4.58. The second kappa shape index (κ2) is 6.64. The van der Waals surface area contributed by atoms with Crippen LogP contribution in [0.1, 0.15) is 34.9 Å². The van der Waals surface area contributed by atoms with Crippen molar-refractivity contribution >= 4 is 18.1 Å². The highest BCUT2D eigenvalue weighted by atomic mass is 32.1. The summed E-state index contributed by atoms with van der Waals surface area (Å²) in [5, 5.41) is 0. The van der Waals surface area contributed by atoms with Gasteiger partial charge in [-0.1, -0.05) is 6.07 Å². The van der Waals surface area contributed by atoms with E-state index in [9.17, 15) is 4.79 Å². The van der Waals surface area contributed by atoms with Gasteiger partial charge < -0.3 is 9.88 Å². The molecule has 0 bridgehead atoms. The van der Waals surface area contributed by atoms with E-state index in [1.165, 1.54) is 0 Å². The predicted molar refractivity (Wildman–Crippen MR) is 98.2 cm³/mol. The maximum Gasteiger partial charge on any atom is 0.254 e. The van der Waals surface area contributed by atoms with Crippen molar-refractivity contribution in [2.24, 2.45) is 0 Å². The first-order valence-electron chi connectivity index (χ1n) is 8.32. The van der Waals surface area contributed by atoms with Gasteiger partial charge in [0.05, 0.1) is 11.7 Å². The Morgan fingerprint density at radius 2 is 2.04 bits per heavy atom. The van der Waals surface area contributed by atoms with Gasteiger partial charge in [0.1, 0.15) is 0 Å². The number of likely N-dealkylation sites (tertiary alicyclic amines) is 1. The quantitative estimate of drug-likeness (QED) is 0.729. The van der Waals surface area contributed by atoms with Crippen LogP contribution in [0.2, 0.25) is 0 Å². The Morgan fingerprint density at radius 1 is 1.20 bits per heavy atom. The van der Waals surface area contributed by atoms with Crippen molar-refractivity contribution in [2.75, 3.05) is 6.54 Å². The van der Waals surface area contributed by atoms with Crippen molar-refractivity contribution in [1.82, 2.24) is 19.4 Å². The lowest BCUT2D eigenvalue weighted by atomic mass is 10.1. The van der Waals surface area contributed by atoms with Gasteiger partial charge in [0.2, 0.25) is 0 Å². The van der Waals surface area contributed by atoms with E-state index < -0.39 is 0 Å². The lowest BCUT2D eigenvalue weighted by molar-refractivity contribution is 0.0733. The number of aromatic nitrogens is 3. The van der Waals surface area contributed by atoms with Gasteiger partial charge in [-0.3, -0.25) is 14.3 Å². The van der Waals surface area contributed by atoms with Gasteiger partial charge in [-0.25, -0.2) is 0 Å². The number of H-pyrrole nitrogens is 1. The second-order valence-electron chi connectivity index (χ2n) is 6.09. The molecule has 1 aliphatic heterocycles. The van der Waals surface area contributed by atoms with Gasteiger partial charge >= 0.3 is 0 Å². The lowest BCUT2D eigenvalue weighted by Crippen LogP contribution is -2.30. The summed E-state index contributed by atoms with van der Waals surface area (Å²) in [6.45, 7) is 0.769. The number of hydrogen-bond donors (Lipinski definition) is 1. The van der Waals surface area contributed by atoms with Crippen LogP contribution in [0.25, 0.3) is 5.69 Å². The normalized spacial score (nSPS) is 17.0. The minimum absolute atomic E-state index is 0.0531. The molecule has 25 heavy (non-hydrogen) atoms. The summed E-state index contributed by atoms with van der Waals surface area (Å²) in [5.74, 6) is 0.0531. The van der Waals surface area contributed by atoms with Gasteiger partial charge in [-0.2, -0.15) is 0 Å². The number of aromatic amines is 1. The van der Waals surface area contributed by atoms with Gasteiger partial charge in [0.15, 0.2) is 4.77 Å². The third kappa shape index (κ3) is 3.00. The van der Waals surface area contributed by atoms with Crippen molar-refractivity contribution < 1.29 is 4.79 Å². The third-order valence-corrected chi connectivity index (χ3v) is 4.90. The van der Waals surface area contributed by atoms with Crippen LogP contribution in [0.4, 0.5) is 0 Å². The standard InChI is InChI=1S/C19H18N4OS/c24-18(23-12-3-5-17(23)16-4-1-2-10-20-16)14-6-8-15(9-7-14)22-13-11-21-19(22)25/h1-2,4,6-11,13,17H,3,5,12H2,(H,21,25). The molecule has 1 N–H and O–H groups in total. The van der Waals surface area contributed by atoms with Crippen molar-refractivity contribution in [3.05, 3.63) is 77.1 Å². The van der Waals surface area contributed by atoms with Crippen molar-refractivity contribution in [3.8, 4) is 5.69 Å². The average Bonchev–Trinajstić information content (AvgIpc) is 3.31. The Bertz CT molecular complexity index is 930. The Morgan fingerprint density at radius 3 is 2.72 bits per heavy atom. The molecule has 1 fully saturated rings. The van der Waals surface area contributed by atoms with E-state index >= 15 is 0 Å². The maximum atomic E-state index is 13.0. The fourth-order valence-electron chi connectivity index (χ4n) is 3.34. The Kier molecular flexibility index (Phi) is 4.19. The fraction of sp³-hybridized carbons (Fsp3) is 0.211. The van der Waals surface area contributed by atoms with Crippen LogP contribution < -0.4 is 0 Å². The maximum absolute atomic E-state index is 13.0. The molecule has 1 amide bonds. The highest BCUT2D eigenvalue weighted by Gasteiger charge is 2.31. The van der Waals surface area contributed by atoms with E-state index in [0.717, 1.165) is 30.8 Å². The van der Waals surface area contributed by atoms with E-state index in [-0.39, 0.29) is 11.9 Å². The first-order chi connectivity index (χ1) is 12.2. The Labute approximate surface area is 151 Å². The lowest BCUT2D eigenvalue weighted by Gasteiger charge is -2.24. The molecule has 3 aromatic rings. The summed E-state index contributed by atoms with van der Waals surface area (Å²) in [5.41, 5.74) is 2.59. The number of imidazole rings is 1. The monoisotopic (exact) mass is 350 g/mol. The molecular weight excluding hydrogens is 332 g/mol. The van der Waals surface area contributed by atoms with Crippen LogP contribution in [0, 0.1) is 4.77 Å². The molecule has 0 spiro atoms. The largest absolute Gasteiger partial charge is 0.337 e. The highest BCUT2D eigenvalue weighted by Crippen LogP contribution is 2.32. The van der Waals surface area contributed by atoms with Crippen LogP contribution in [0.5, 0.6) is 0 Å². The summed E-state index contributed by atoms with van der Waals surface area (Å²) in [6, 6.07) is 13.5. The van der Waals surface area contributed by atoms with Crippen LogP contribution in [-0.2, 0) is 0 Å². The predicted octanol–water partition coefficient (Wildman–Crippen LogP) is 3.91. The summed E-state index contributed by atoms with van der Waals surface area (Å²) in [7, 11) is 0. The number of carbonyl (C=O) groups excluding carboxylic acids is 1. The van der Waals surface area contributed by atoms with Crippen LogP contribution in [0.3, 0.4) is 0 Å². The van der Waals surface area contributed by atoms with Crippen LogP contribution in [-0.4, -0.2) is 31.9 Å².